The summed E-state index contributed by atoms with van der Waals surface area (Å²) in [7, 11) is 3.93. The molecule has 0 amide bonds. The molecule has 1 N–H and O–H groups in total. The molecule has 20 heavy (non-hydrogen) atoms. The van der Waals surface area contributed by atoms with E-state index in [4.69, 9.17) is 4.74 Å². The lowest BCUT2D eigenvalue weighted by molar-refractivity contribution is 0.0676. The van der Waals surface area contributed by atoms with E-state index in [1.807, 2.05) is 0 Å². The van der Waals surface area contributed by atoms with Crippen LogP contribution in [0.2, 0.25) is 0 Å². The summed E-state index contributed by atoms with van der Waals surface area (Å²) in [5.41, 5.74) is 0. The Balaban J connectivity index is 2.63. The van der Waals surface area contributed by atoms with Crippen LogP contribution in [-0.4, -0.2) is 50.8 Å². The molecule has 0 aliphatic heterocycles. The Morgan fingerprint density at radius 3 is 2.45 bits per heavy atom. The molecule has 0 spiro atoms. The molecule has 1 saturated carbocycles. The lowest BCUT2D eigenvalue weighted by Gasteiger charge is -2.41. The highest BCUT2D eigenvalue weighted by molar-refractivity contribution is 4.87. The van der Waals surface area contributed by atoms with Crippen molar-refractivity contribution in [3.63, 3.8) is 0 Å². The molecule has 1 rings (SSSR count). The van der Waals surface area contributed by atoms with E-state index in [-0.39, 0.29) is 0 Å². The number of ether oxygens (including phenoxy) is 1. The van der Waals surface area contributed by atoms with Crippen LogP contribution < -0.4 is 5.32 Å². The third kappa shape index (κ3) is 5.01. The smallest absolute Gasteiger partial charge is 0.0615 e. The van der Waals surface area contributed by atoms with Crippen LogP contribution in [0.25, 0.3) is 0 Å². The van der Waals surface area contributed by atoms with Crippen molar-refractivity contribution in [2.24, 2.45) is 17.8 Å². The van der Waals surface area contributed by atoms with Gasteiger partial charge in [-0.2, -0.15) is 0 Å². The number of likely N-dealkylation sites (N-methyl/N-ethyl adjacent to an activating group) is 1. The van der Waals surface area contributed by atoms with Gasteiger partial charge in [-0.3, -0.25) is 4.90 Å². The van der Waals surface area contributed by atoms with E-state index in [9.17, 15) is 0 Å². The fourth-order valence-electron chi connectivity index (χ4n) is 3.76. The van der Waals surface area contributed by atoms with Crippen molar-refractivity contribution in [1.29, 1.82) is 0 Å². The first-order valence-electron chi connectivity index (χ1n) is 8.43. The van der Waals surface area contributed by atoms with E-state index in [0.717, 1.165) is 30.9 Å². The summed E-state index contributed by atoms with van der Waals surface area (Å²) in [6.07, 6.45) is 4.10. The average Bonchev–Trinajstić information content (AvgIpc) is 2.44. The molecule has 0 radical (unpaired) electrons. The molecular formula is C17H36N2O. The molecule has 1 aliphatic rings. The third-order valence-electron chi connectivity index (χ3n) is 5.24. The summed E-state index contributed by atoms with van der Waals surface area (Å²) < 4.78 is 5.33. The van der Waals surface area contributed by atoms with Crippen molar-refractivity contribution in [3.05, 3.63) is 0 Å². The van der Waals surface area contributed by atoms with Crippen molar-refractivity contribution in [2.75, 3.05) is 33.9 Å². The Hall–Kier alpha value is -0.120. The molecule has 0 aromatic rings. The SMILES string of the molecule is CCN(CC1CC(C(C)C)CCC1NC)C(C)COC. The maximum Gasteiger partial charge on any atom is 0.0615 e. The van der Waals surface area contributed by atoms with Crippen LogP contribution in [0.4, 0.5) is 0 Å². The van der Waals surface area contributed by atoms with E-state index >= 15 is 0 Å². The first kappa shape index (κ1) is 17.9. The molecule has 0 bridgehead atoms. The van der Waals surface area contributed by atoms with E-state index < -0.39 is 0 Å². The number of nitrogens with zero attached hydrogens (tertiary/aromatic N) is 1. The van der Waals surface area contributed by atoms with Gasteiger partial charge in [-0.25, -0.2) is 0 Å². The zero-order valence-corrected chi connectivity index (χ0v) is 14.5. The van der Waals surface area contributed by atoms with Crippen molar-refractivity contribution >= 4 is 0 Å². The highest BCUT2D eigenvalue weighted by Gasteiger charge is 2.32. The predicted molar refractivity (Wildman–Crippen MR) is 87.1 cm³/mol. The summed E-state index contributed by atoms with van der Waals surface area (Å²) in [6.45, 7) is 12.5. The Kier molecular flexibility index (Phi) is 8.08. The van der Waals surface area contributed by atoms with Gasteiger partial charge in [0, 0.05) is 25.7 Å². The molecule has 0 aromatic heterocycles. The van der Waals surface area contributed by atoms with Crippen molar-refractivity contribution in [1.82, 2.24) is 10.2 Å². The maximum atomic E-state index is 5.33. The van der Waals surface area contributed by atoms with Gasteiger partial charge in [-0.1, -0.05) is 20.8 Å². The number of hydrogen-bond donors (Lipinski definition) is 1. The summed E-state index contributed by atoms with van der Waals surface area (Å²) in [6, 6.07) is 1.20. The van der Waals surface area contributed by atoms with Gasteiger partial charge in [0.1, 0.15) is 0 Å². The van der Waals surface area contributed by atoms with Gasteiger partial charge < -0.3 is 10.1 Å². The fraction of sp³-hybridized carbons (Fsp3) is 1.00. The number of hydrogen-bond acceptors (Lipinski definition) is 3. The molecule has 3 nitrogen and oxygen atoms in total. The largest absolute Gasteiger partial charge is 0.383 e. The van der Waals surface area contributed by atoms with E-state index in [1.54, 1.807) is 7.11 Å². The molecule has 0 aromatic carbocycles. The normalized spacial score (nSPS) is 29.1. The van der Waals surface area contributed by atoms with Gasteiger partial charge in [0.25, 0.3) is 0 Å². The van der Waals surface area contributed by atoms with Crippen LogP contribution in [0, 0.1) is 17.8 Å². The zero-order chi connectivity index (χ0) is 15.1. The zero-order valence-electron chi connectivity index (χ0n) is 14.5. The van der Waals surface area contributed by atoms with Gasteiger partial charge in [-0.05, 0) is 57.5 Å². The summed E-state index contributed by atoms with van der Waals surface area (Å²) in [5.74, 6) is 2.50. The van der Waals surface area contributed by atoms with Gasteiger partial charge in [0.05, 0.1) is 6.61 Å². The highest BCUT2D eigenvalue weighted by Crippen LogP contribution is 2.34. The molecular weight excluding hydrogens is 248 g/mol. The Labute approximate surface area is 126 Å². The minimum Gasteiger partial charge on any atom is -0.383 e. The minimum absolute atomic E-state index is 0.516. The fourth-order valence-corrected chi connectivity index (χ4v) is 3.76. The van der Waals surface area contributed by atoms with Gasteiger partial charge in [0.15, 0.2) is 0 Å². The Bertz CT molecular complexity index is 257. The molecule has 1 aliphatic carbocycles. The van der Waals surface area contributed by atoms with Gasteiger partial charge in [-0.15, -0.1) is 0 Å². The second kappa shape index (κ2) is 9.01. The lowest BCUT2D eigenvalue weighted by Crippen LogP contribution is -2.48. The molecule has 0 saturated heterocycles. The van der Waals surface area contributed by atoms with E-state index in [1.165, 1.54) is 25.8 Å². The van der Waals surface area contributed by atoms with Crippen molar-refractivity contribution in [3.8, 4) is 0 Å². The second-order valence-corrected chi connectivity index (χ2v) is 6.86. The molecule has 3 heteroatoms. The standard InChI is InChI=1S/C17H36N2O/c1-7-19(14(4)12-20-6)11-16-10-15(13(2)3)8-9-17(16)18-5/h13-18H,7-12H2,1-6H3. The van der Waals surface area contributed by atoms with Crippen LogP contribution >= 0.6 is 0 Å². The maximum absolute atomic E-state index is 5.33. The van der Waals surface area contributed by atoms with Crippen LogP contribution in [0.5, 0.6) is 0 Å². The van der Waals surface area contributed by atoms with Crippen LogP contribution in [-0.2, 0) is 4.74 Å². The molecule has 120 valence electrons. The Morgan fingerprint density at radius 2 is 1.95 bits per heavy atom. The quantitative estimate of drug-likeness (QED) is 0.741. The monoisotopic (exact) mass is 284 g/mol. The van der Waals surface area contributed by atoms with Crippen molar-refractivity contribution in [2.45, 2.75) is 59.0 Å². The molecule has 4 atom stereocenters. The Morgan fingerprint density at radius 1 is 1.25 bits per heavy atom. The third-order valence-corrected chi connectivity index (χ3v) is 5.24. The van der Waals surface area contributed by atoms with Crippen molar-refractivity contribution < 1.29 is 4.74 Å². The number of nitrogens with one attached hydrogen (secondary N) is 1. The molecule has 1 fully saturated rings. The number of rotatable bonds is 8. The highest BCUT2D eigenvalue weighted by atomic mass is 16.5. The van der Waals surface area contributed by atoms with E-state index in [0.29, 0.717) is 12.1 Å². The topological polar surface area (TPSA) is 24.5 Å². The van der Waals surface area contributed by atoms with Crippen LogP contribution in [0.15, 0.2) is 0 Å². The second-order valence-electron chi connectivity index (χ2n) is 6.86. The number of methoxy groups -OCH3 is 1. The van der Waals surface area contributed by atoms with Gasteiger partial charge in [0.2, 0.25) is 0 Å². The summed E-state index contributed by atoms with van der Waals surface area (Å²) in [4.78, 5) is 2.58. The van der Waals surface area contributed by atoms with E-state index in [2.05, 4.69) is 45.0 Å². The first-order valence-corrected chi connectivity index (χ1v) is 8.43. The summed E-state index contributed by atoms with van der Waals surface area (Å²) >= 11 is 0. The predicted octanol–water partition coefficient (Wildman–Crippen LogP) is 3.00. The van der Waals surface area contributed by atoms with Crippen LogP contribution in [0.3, 0.4) is 0 Å². The molecule has 4 unspecified atom stereocenters. The van der Waals surface area contributed by atoms with Gasteiger partial charge >= 0.3 is 0 Å². The summed E-state index contributed by atoms with van der Waals surface area (Å²) in [5, 5.41) is 3.56. The van der Waals surface area contributed by atoms with Crippen LogP contribution in [0.1, 0.15) is 47.0 Å². The lowest BCUT2D eigenvalue weighted by atomic mass is 9.73. The average molecular weight is 284 g/mol. The minimum atomic E-state index is 0.516. The first-order chi connectivity index (χ1) is 9.53. The molecule has 0 heterocycles.